The Hall–Kier alpha value is -1.38. The highest BCUT2D eigenvalue weighted by molar-refractivity contribution is 7.86. The molecule has 0 aromatic rings. The molecule has 0 radical (unpaired) electrons. The summed E-state index contributed by atoms with van der Waals surface area (Å²) >= 11 is 0. The van der Waals surface area contributed by atoms with Crippen molar-refractivity contribution in [1.82, 2.24) is 0 Å². The van der Waals surface area contributed by atoms with E-state index in [0.29, 0.717) is 0 Å². The molecule has 0 N–H and O–H groups in total. The minimum atomic E-state index is -6.09. The van der Waals surface area contributed by atoms with Gasteiger partial charge in [0.15, 0.2) is 10.1 Å². The zero-order valence-corrected chi connectivity index (χ0v) is 12.5. The van der Waals surface area contributed by atoms with Crippen LogP contribution >= 0.6 is 0 Å². The molecule has 21 heavy (non-hydrogen) atoms. The molecule has 0 aliphatic carbocycles. The van der Waals surface area contributed by atoms with Crippen molar-refractivity contribution in [2.75, 3.05) is 26.2 Å². The smallest absolute Gasteiger partial charge is 0.485 e. The van der Waals surface area contributed by atoms with E-state index in [9.17, 15) is 13.2 Å². The molecule has 0 bridgehead atoms. The number of nitrogens with zero attached hydrogens (tertiary/aromatic N) is 1. The van der Waals surface area contributed by atoms with Crippen LogP contribution in [0.3, 0.4) is 0 Å². The maximum Gasteiger partial charge on any atom is 0.485 e. The number of quaternary nitrogens is 1. The third-order valence-electron chi connectivity index (χ3n) is 2.35. The van der Waals surface area contributed by atoms with Gasteiger partial charge < -0.3 is 9.04 Å². The van der Waals surface area contributed by atoms with Gasteiger partial charge in [-0.15, -0.1) is 0 Å². The van der Waals surface area contributed by atoms with E-state index in [0.717, 1.165) is 30.7 Å². The summed E-state index contributed by atoms with van der Waals surface area (Å²) in [5.41, 5.74) is -5.65. The van der Waals surface area contributed by atoms with Crippen LogP contribution in [0, 0.1) is 0 Å². The highest BCUT2D eigenvalue weighted by atomic mass is 32.2. The fourth-order valence-corrected chi connectivity index (χ4v) is 1.54. The van der Waals surface area contributed by atoms with E-state index >= 15 is 0 Å². The monoisotopic (exact) mass is 327 g/mol. The van der Waals surface area contributed by atoms with Crippen molar-refractivity contribution in [3.63, 3.8) is 0 Å². The van der Waals surface area contributed by atoms with Gasteiger partial charge >= 0.3 is 5.51 Å². The molecule has 0 saturated heterocycles. The van der Waals surface area contributed by atoms with Crippen molar-refractivity contribution in [3.8, 4) is 0 Å². The van der Waals surface area contributed by atoms with Gasteiger partial charge in [-0.3, -0.25) is 0 Å². The van der Waals surface area contributed by atoms with Crippen LogP contribution in [0.1, 0.15) is 0 Å². The lowest BCUT2D eigenvalue weighted by Gasteiger charge is -2.35. The molecule has 0 heterocycles. The molecule has 0 spiro atoms. The molecule has 0 amide bonds. The summed E-state index contributed by atoms with van der Waals surface area (Å²) in [7, 11) is -6.09. The van der Waals surface area contributed by atoms with Crippen LogP contribution in [0.15, 0.2) is 50.6 Å². The van der Waals surface area contributed by atoms with Gasteiger partial charge in [0, 0.05) is 0 Å². The Morgan fingerprint density at radius 3 is 1.14 bits per heavy atom. The van der Waals surface area contributed by atoms with Crippen molar-refractivity contribution in [2.45, 2.75) is 5.51 Å². The Morgan fingerprint density at radius 2 is 1.05 bits per heavy atom. The van der Waals surface area contributed by atoms with E-state index in [2.05, 4.69) is 26.3 Å². The number of rotatable bonds is 8. The highest BCUT2D eigenvalue weighted by Gasteiger charge is 2.36. The molecule has 0 aromatic carbocycles. The molecule has 0 fully saturated rings. The Balaban J connectivity index is 0. The summed E-state index contributed by atoms with van der Waals surface area (Å²) in [5.74, 6) is 0. The first-order valence-corrected chi connectivity index (χ1v) is 7.21. The van der Waals surface area contributed by atoms with Crippen LogP contribution in [0.4, 0.5) is 13.2 Å². The lowest BCUT2D eigenvalue weighted by Crippen LogP contribution is -2.48. The highest BCUT2D eigenvalue weighted by Crippen LogP contribution is 2.20. The van der Waals surface area contributed by atoms with Gasteiger partial charge in [-0.1, -0.05) is 26.3 Å². The van der Waals surface area contributed by atoms with Crippen molar-refractivity contribution in [1.29, 1.82) is 0 Å². The van der Waals surface area contributed by atoms with E-state index in [1.54, 1.807) is 0 Å². The summed E-state index contributed by atoms with van der Waals surface area (Å²) in [4.78, 5) is 0. The van der Waals surface area contributed by atoms with Crippen molar-refractivity contribution < 1.29 is 30.6 Å². The third-order valence-corrected chi connectivity index (χ3v) is 2.92. The van der Waals surface area contributed by atoms with Crippen LogP contribution in [0.2, 0.25) is 0 Å². The van der Waals surface area contributed by atoms with E-state index < -0.39 is 15.6 Å². The average molecular weight is 327 g/mol. The number of halogens is 3. The molecule has 0 atom stereocenters. The fraction of sp³-hybridized carbons (Fsp3) is 0.385. The lowest BCUT2D eigenvalue weighted by molar-refractivity contribution is -0.906. The first-order valence-electron chi connectivity index (χ1n) is 5.80. The fourth-order valence-electron chi connectivity index (χ4n) is 1.54. The normalized spacial score (nSPS) is 11.8. The average Bonchev–Trinajstić information content (AvgIpc) is 2.28. The molecule has 122 valence electrons. The number of alkyl halides is 3. The zero-order chi connectivity index (χ0) is 17.2. The molecular formula is C13H20F3NO3S. The van der Waals surface area contributed by atoms with Gasteiger partial charge in [-0.25, -0.2) is 8.42 Å². The van der Waals surface area contributed by atoms with E-state index in [4.69, 9.17) is 13.0 Å². The quantitative estimate of drug-likeness (QED) is 0.298. The minimum Gasteiger partial charge on any atom is -0.741 e. The second-order valence-corrected chi connectivity index (χ2v) is 5.50. The number of hydrogen-bond donors (Lipinski definition) is 0. The molecule has 0 aliphatic heterocycles. The van der Waals surface area contributed by atoms with Gasteiger partial charge in [0.2, 0.25) is 0 Å². The SMILES string of the molecule is C=CC[N+](CC=C)(CC=C)CC=C.O=S(=O)([O-])C(F)(F)F. The van der Waals surface area contributed by atoms with Gasteiger partial charge in [-0.05, 0) is 24.3 Å². The Bertz CT molecular complexity index is 410. The Labute approximate surface area is 123 Å². The Kier molecular flexibility index (Phi) is 9.95. The summed E-state index contributed by atoms with van der Waals surface area (Å²) < 4.78 is 59.8. The summed E-state index contributed by atoms with van der Waals surface area (Å²) in [6.45, 7) is 18.8. The van der Waals surface area contributed by atoms with Crippen LogP contribution in [0.25, 0.3) is 0 Å². The summed E-state index contributed by atoms with van der Waals surface area (Å²) in [5, 5.41) is 0. The van der Waals surface area contributed by atoms with Gasteiger partial charge in [0.05, 0.1) is 26.2 Å². The maximum atomic E-state index is 10.7. The molecule has 0 aromatic heterocycles. The molecule has 0 rings (SSSR count). The second kappa shape index (κ2) is 9.54. The van der Waals surface area contributed by atoms with Crippen LogP contribution in [-0.2, 0) is 10.1 Å². The van der Waals surface area contributed by atoms with Crippen molar-refractivity contribution >= 4 is 10.1 Å². The largest absolute Gasteiger partial charge is 0.741 e. The van der Waals surface area contributed by atoms with Crippen molar-refractivity contribution in [2.24, 2.45) is 0 Å². The maximum absolute atomic E-state index is 10.7. The van der Waals surface area contributed by atoms with Crippen LogP contribution in [-0.4, -0.2) is 49.1 Å². The topological polar surface area (TPSA) is 57.2 Å². The zero-order valence-electron chi connectivity index (χ0n) is 11.7. The lowest BCUT2D eigenvalue weighted by atomic mass is 10.3. The van der Waals surface area contributed by atoms with Gasteiger partial charge in [-0.2, -0.15) is 13.2 Å². The van der Waals surface area contributed by atoms with Gasteiger partial charge in [0.25, 0.3) is 0 Å². The Morgan fingerprint density at radius 1 is 0.857 bits per heavy atom. The molecule has 4 nitrogen and oxygen atoms in total. The van der Waals surface area contributed by atoms with Crippen molar-refractivity contribution in [3.05, 3.63) is 50.6 Å². The van der Waals surface area contributed by atoms with Crippen LogP contribution < -0.4 is 0 Å². The minimum absolute atomic E-state index is 0.903. The molecule has 0 saturated carbocycles. The molecule has 8 heteroatoms. The molecular weight excluding hydrogens is 307 g/mol. The predicted molar refractivity (Wildman–Crippen MR) is 76.3 cm³/mol. The predicted octanol–water partition coefficient (Wildman–Crippen LogP) is 2.60. The first kappa shape index (κ1) is 21.9. The standard InChI is InChI=1S/C12H20N.CHF3O3S/c1-5-9-13(10-6-2,11-7-3)12-8-4;2-1(3,4)8(5,6)7/h5-8H,1-4,9-12H2;(H,5,6,7)/q+1;/p-1. The van der Waals surface area contributed by atoms with E-state index in [-0.39, 0.29) is 0 Å². The third kappa shape index (κ3) is 9.22. The summed E-state index contributed by atoms with van der Waals surface area (Å²) in [6, 6.07) is 0. The molecule has 0 unspecified atom stereocenters. The van der Waals surface area contributed by atoms with Crippen LogP contribution in [0.5, 0.6) is 0 Å². The van der Waals surface area contributed by atoms with E-state index in [1.807, 2.05) is 24.3 Å². The first-order chi connectivity index (χ1) is 9.49. The number of hydrogen-bond acceptors (Lipinski definition) is 3. The van der Waals surface area contributed by atoms with E-state index in [1.165, 1.54) is 0 Å². The second-order valence-electron chi connectivity index (χ2n) is 4.13. The summed E-state index contributed by atoms with van der Waals surface area (Å²) in [6.07, 6.45) is 7.76. The molecule has 0 aliphatic rings. The van der Waals surface area contributed by atoms with Gasteiger partial charge in [0.1, 0.15) is 0 Å².